The molecular weight excluding hydrogens is 510 g/mol. The van der Waals surface area contributed by atoms with E-state index in [1.807, 2.05) is 25.1 Å². The summed E-state index contributed by atoms with van der Waals surface area (Å²) in [4.78, 5) is 0.224. The van der Waals surface area contributed by atoms with Crippen LogP contribution in [0.3, 0.4) is 0 Å². The molecule has 0 saturated heterocycles. The Morgan fingerprint density at radius 3 is 2.26 bits per heavy atom. The first-order valence-corrected chi connectivity index (χ1v) is 13.3. The number of benzene rings is 3. The molecule has 4 aromatic rings. The highest BCUT2D eigenvalue weighted by Crippen LogP contribution is 2.42. The normalized spacial score (nSPS) is 12.2. The molecule has 0 aliphatic heterocycles. The number of hydrogen-bond donors (Lipinski definition) is 1. The molecule has 0 bridgehead atoms. The van der Waals surface area contributed by atoms with Gasteiger partial charge in [0.25, 0.3) is 0 Å². The number of nitrogens with zero attached hydrogens (tertiary/aromatic N) is 2. The lowest BCUT2D eigenvalue weighted by atomic mass is 10.0. The Bertz CT molecular complexity index is 1540. The van der Waals surface area contributed by atoms with Crippen LogP contribution in [0.15, 0.2) is 65.6 Å². The first-order chi connectivity index (χ1) is 16.3. The van der Waals surface area contributed by atoms with E-state index in [2.05, 4.69) is 5.10 Å². The summed E-state index contributed by atoms with van der Waals surface area (Å²) >= 11 is 13.0. The van der Waals surface area contributed by atoms with Crippen molar-refractivity contribution in [1.29, 1.82) is 0 Å². The minimum absolute atomic E-state index is 0.0755. The van der Waals surface area contributed by atoms with Crippen molar-refractivity contribution in [2.45, 2.75) is 31.3 Å². The van der Waals surface area contributed by atoms with Crippen LogP contribution >= 0.6 is 23.2 Å². The quantitative estimate of drug-likeness (QED) is 0.314. The number of aliphatic hydroxyl groups is 1. The Morgan fingerprint density at radius 1 is 1.00 bits per heavy atom. The maximum atomic E-state index is 14.9. The van der Waals surface area contributed by atoms with Gasteiger partial charge in [-0.3, -0.25) is 0 Å². The van der Waals surface area contributed by atoms with Gasteiger partial charge in [0.05, 0.1) is 31.9 Å². The molecule has 0 fully saturated rings. The maximum absolute atomic E-state index is 14.9. The highest BCUT2D eigenvalue weighted by atomic mass is 35.5. The third-order valence-corrected chi connectivity index (χ3v) is 7.41. The van der Waals surface area contributed by atoms with Crippen LogP contribution in [0.4, 0.5) is 4.39 Å². The molecule has 0 unspecified atom stereocenters. The van der Waals surface area contributed by atoms with E-state index in [0.29, 0.717) is 5.69 Å². The second-order valence-electron chi connectivity index (χ2n) is 8.88. The fourth-order valence-electron chi connectivity index (χ4n) is 3.88. The third kappa shape index (κ3) is 4.86. The molecule has 35 heavy (non-hydrogen) atoms. The second kappa shape index (κ2) is 9.06. The predicted octanol–water partition coefficient (Wildman–Crippen LogP) is 6.59. The van der Waals surface area contributed by atoms with Crippen molar-refractivity contribution in [3.63, 3.8) is 0 Å². The number of hydrogen-bond acceptors (Lipinski definition) is 4. The van der Waals surface area contributed by atoms with Gasteiger partial charge in [0.15, 0.2) is 9.84 Å². The molecule has 9 heteroatoms. The van der Waals surface area contributed by atoms with E-state index >= 15 is 0 Å². The summed E-state index contributed by atoms with van der Waals surface area (Å²) in [5.74, 6) is -0.574. The topological polar surface area (TPSA) is 72.2 Å². The standard InChI is InChI=1S/C26H23Cl2FN2O3S/c1-15-13-17(16-7-5-8-18(14-16)35(4,33)34)11-12-21(15)31-24(22-19(27)9-6-10-20(22)29)23(28)25(30-31)26(2,3)32/h5-14,32H,1-4H3. The minimum Gasteiger partial charge on any atom is -0.384 e. The zero-order valence-electron chi connectivity index (χ0n) is 19.5. The van der Waals surface area contributed by atoms with Gasteiger partial charge in [-0.05, 0) is 73.9 Å². The van der Waals surface area contributed by atoms with Crippen molar-refractivity contribution in [3.05, 3.63) is 87.8 Å². The number of aromatic nitrogens is 2. The van der Waals surface area contributed by atoms with E-state index in [0.717, 1.165) is 22.9 Å². The SMILES string of the molecule is Cc1cc(-c2cccc(S(C)(=O)=O)c2)ccc1-n1nc(C(C)(C)O)c(Cl)c1-c1c(F)cccc1Cl. The molecule has 0 amide bonds. The van der Waals surface area contributed by atoms with Crippen LogP contribution in [0.25, 0.3) is 28.1 Å². The van der Waals surface area contributed by atoms with E-state index in [4.69, 9.17) is 23.2 Å². The molecule has 0 atom stereocenters. The molecule has 5 nitrogen and oxygen atoms in total. The van der Waals surface area contributed by atoms with Crippen molar-refractivity contribution in [1.82, 2.24) is 9.78 Å². The van der Waals surface area contributed by atoms with Crippen LogP contribution in [0, 0.1) is 12.7 Å². The van der Waals surface area contributed by atoms with E-state index < -0.39 is 21.3 Å². The molecule has 4 rings (SSSR count). The van der Waals surface area contributed by atoms with Gasteiger partial charge in [0.1, 0.15) is 17.1 Å². The van der Waals surface area contributed by atoms with Crippen molar-refractivity contribution < 1.29 is 17.9 Å². The summed E-state index contributed by atoms with van der Waals surface area (Å²) in [5, 5.41) is 15.5. The van der Waals surface area contributed by atoms with Crippen molar-refractivity contribution in [3.8, 4) is 28.1 Å². The van der Waals surface area contributed by atoms with Gasteiger partial charge in [0.2, 0.25) is 0 Å². The van der Waals surface area contributed by atoms with Crippen molar-refractivity contribution >= 4 is 33.0 Å². The fraction of sp³-hybridized carbons (Fsp3) is 0.192. The monoisotopic (exact) mass is 532 g/mol. The Balaban J connectivity index is 1.93. The highest BCUT2D eigenvalue weighted by molar-refractivity contribution is 7.90. The average Bonchev–Trinajstić information content (AvgIpc) is 3.10. The maximum Gasteiger partial charge on any atom is 0.175 e. The number of sulfone groups is 1. The lowest BCUT2D eigenvalue weighted by Gasteiger charge is -2.14. The molecule has 0 saturated carbocycles. The van der Waals surface area contributed by atoms with Gasteiger partial charge in [-0.15, -0.1) is 0 Å². The molecule has 1 N–H and O–H groups in total. The zero-order valence-corrected chi connectivity index (χ0v) is 21.8. The van der Waals surface area contributed by atoms with Crippen LogP contribution in [0.2, 0.25) is 10.0 Å². The van der Waals surface area contributed by atoms with Crippen LogP contribution in [-0.4, -0.2) is 29.6 Å². The number of rotatable bonds is 5. The van der Waals surface area contributed by atoms with Gasteiger partial charge in [-0.1, -0.05) is 47.5 Å². The molecule has 0 aliphatic rings. The first kappa shape index (κ1) is 25.4. The molecule has 182 valence electrons. The molecule has 0 radical (unpaired) electrons. The summed E-state index contributed by atoms with van der Waals surface area (Å²) in [6, 6.07) is 16.5. The highest BCUT2D eigenvalue weighted by Gasteiger charge is 2.31. The first-order valence-electron chi connectivity index (χ1n) is 10.7. The minimum atomic E-state index is -3.36. The third-order valence-electron chi connectivity index (χ3n) is 5.63. The largest absolute Gasteiger partial charge is 0.384 e. The van der Waals surface area contributed by atoms with Gasteiger partial charge >= 0.3 is 0 Å². The predicted molar refractivity (Wildman–Crippen MR) is 138 cm³/mol. The molecular formula is C26H23Cl2FN2O3S. The molecule has 3 aromatic carbocycles. The Hall–Kier alpha value is -2.71. The number of aryl methyl sites for hydroxylation is 1. The summed E-state index contributed by atoms with van der Waals surface area (Å²) in [5.41, 5.74) is 1.97. The van der Waals surface area contributed by atoms with Crippen LogP contribution < -0.4 is 0 Å². The second-order valence-corrected chi connectivity index (χ2v) is 11.7. The average molecular weight is 533 g/mol. The number of halogens is 3. The Morgan fingerprint density at radius 2 is 1.66 bits per heavy atom. The van der Waals surface area contributed by atoms with Gasteiger partial charge in [0, 0.05) is 6.26 Å². The van der Waals surface area contributed by atoms with E-state index in [9.17, 15) is 17.9 Å². The fourth-order valence-corrected chi connectivity index (χ4v) is 5.25. The summed E-state index contributed by atoms with van der Waals surface area (Å²) in [6.07, 6.45) is 1.16. The lowest BCUT2D eigenvalue weighted by molar-refractivity contribution is 0.0735. The molecule has 1 heterocycles. The van der Waals surface area contributed by atoms with Crippen molar-refractivity contribution in [2.24, 2.45) is 0 Å². The van der Waals surface area contributed by atoms with Crippen LogP contribution in [0.1, 0.15) is 25.1 Å². The summed E-state index contributed by atoms with van der Waals surface area (Å²) in [6.45, 7) is 4.94. The van der Waals surface area contributed by atoms with E-state index in [-0.39, 0.29) is 31.9 Å². The Labute approximate surface area is 213 Å². The van der Waals surface area contributed by atoms with Crippen molar-refractivity contribution in [2.75, 3.05) is 6.26 Å². The molecule has 1 aromatic heterocycles. The van der Waals surface area contributed by atoms with Gasteiger partial charge < -0.3 is 5.11 Å². The van der Waals surface area contributed by atoms with Gasteiger partial charge in [-0.25, -0.2) is 17.5 Å². The lowest BCUT2D eigenvalue weighted by Crippen LogP contribution is -2.17. The smallest absolute Gasteiger partial charge is 0.175 e. The molecule has 0 spiro atoms. The van der Waals surface area contributed by atoms with E-state index in [1.165, 1.54) is 16.8 Å². The molecule has 0 aliphatic carbocycles. The van der Waals surface area contributed by atoms with Gasteiger partial charge in [-0.2, -0.15) is 5.10 Å². The summed E-state index contributed by atoms with van der Waals surface area (Å²) in [7, 11) is -3.36. The van der Waals surface area contributed by atoms with Crippen LogP contribution in [0.5, 0.6) is 0 Å². The van der Waals surface area contributed by atoms with E-state index in [1.54, 1.807) is 44.2 Å². The zero-order chi connectivity index (χ0) is 25.7. The summed E-state index contributed by atoms with van der Waals surface area (Å²) < 4.78 is 40.4. The Kier molecular flexibility index (Phi) is 6.57. The van der Waals surface area contributed by atoms with Crippen LogP contribution in [-0.2, 0) is 15.4 Å².